The first-order valence-electron chi connectivity index (χ1n) is 5.64. The number of aliphatic carboxylic acids is 1. The Morgan fingerprint density at radius 2 is 1.82 bits per heavy atom. The topological polar surface area (TPSA) is 40.5 Å². The summed E-state index contributed by atoms with van der Waals surface area (Å²) in [6.07, 6.45) is -4.01. The van der Waals surface area contributed by atoms with Crippen LogP contribution in [0.2, 0.25) is 0 Å². The summed E-state index contributed by atoms with van der Waals surface area (Å²) in [5.74, 6) is -1.41. The van der Waals surface area contributed by atoms with Crippen molar-refractivity contribution in [2.24, 2.45) is 5.41 Å². The summed E-state index contributed by atoms with van der Waals surface area (Å²) in [4.78, 5) is 11.7. The van der Waals surface area contributed by atoms with Gasteiger partial charge in [0.15, 0.2) is 0 Å². The van der Waals surface area contributed by atoms with E-state index in [9.17, 15) is 18.0 Å². The maximum atomic E-state index is 12.8. The van der Waals surface area contributed by atoms with Crippen molar-refractivity contribution in [1.82, 2.24) is 4.90 Å². The maximum absolute atomic E-state index is 12.8. The van der Waals surface area contributed by atoms with Gasteiger partial charge in [0.25, 0.3) is 0 Å². The van der Waals surface area contributed by atoms with E-state index in [1.807, 2.05) is 13.8 Å². The molecule has 1 aliphatic rings. The van der Waals surface area contributed by atoms with E-state index in [2.05, 4.69) is 0 Å². The second kappa shape index (κ2) is 4.84. The first-order chi connectivity index (χ1) is 7.62. The largest absolute Gasteiger partial charge is 0.481 e. The molecule has 0 saturated carbocycles. The zero-order valence-electron chi connectivity index (χ0n) is 10.0. The van der Waals surface area contributed by atoms with Crippen molar-refractivity contribution in [1.29, 1.82) is 0 Å². The SMILES string of the molecule is CC1(C)CCN(C(CC(=O)O)C(F)(F)F)CC1. The standard InChI is InChI=1S/C11H18F3NO2/c1-10(2)3-5-15(6-4-10)8(7-9(16)17)11(12,13)14/h8H,3-7H2,1-2H3,(H,16,17). The van der Waals surface area contributed by atoms with Crippen LogP contribution in [0, 0.1) is 5.41 Å². The highest BCUT2D eigenvalue weighted by Crippen LogP contribution is 2.35. The Morgan fingerprint density at radius 3 is 2.18 bits per heavy atom. The Kier molecular flexibility index (Phi) is 4.06. The predicted octanol–water partition coefficient (Wildman–Crippen LogP) is 2.51. The Morgan fingerprint density at radius 1 is 1.35 bits per heavy atom. The van der Waals surface area contributed by atoms with Crippen LogP contribution in [-0.2, 0) is 4.79 Å². The molecule has 0 aromatic carbocycles. The van der Waals surface area contributed by atoms with E-state index in [0.717, 1.165) is 0 Å². The molecule has 6 heteroatoms. The van der Waals surface area contributed by atoms with Gasteiger partial charge in [-0.15, -0.1) is 0 Å². The molecule has 0 aromatic rings. The predicted molar refractivity (Wildman–Crippen MR) is 56.7 cm³/mol. The molecular weight excluding hydrogens is 235 g/mol. The van der Waals surface area contributed by atoms with Crippen molar-refractivity contribution in [2.45, 2.75) is 45.3 Å². The fourth-order valence-electron chi connectivity index (χ4n) is 2.06. The van der Waals surface area contributed by atoms with Crippen LogP contribution in [0.25, 0.3) is 0 Å². The van der Waals surface area contributed by atoms with Crippen LogP contribution in [0.3, 0.4) is 0 Å². The molecule has 1 saturated heterocycles. The van der Waals surface area contributed by atoms with E-state index in [0.29, 0.717) is 25.9 Å². The van der Waals surface area contributed by atoms with Gasteiger partial charge in [-0.2, -0.15) is 13.2 Å². The van der Waals surface area contributed by atoms with E-state index in [4.69, 9.17) is 5.11 Å². The first kappa shape index (κ1) is 14.3. The van der Waals surface area contributed by atoms with Crippen molar-refractivity contribution >= 4 is 5.97 Å². The third kappa shape index (κ3) is 4.18. The number of carbonyl (C=O) groups is 1. The molecule has 1 heterocycles. The minimum absolute atomic E-state index is 0.0515. The van der Waals surface area contributed by atoms with E-state index in [-0.39, 0.29) is 5.41 Å². The summed E-state index contributed by atoms with van der Waals surface area (Å²) < 4.78 is 38.3. The number of rotatable bonds is 3. The molecule has 17 heavy (non-hydrogen) atoms. The lowest BCUT2D eigenvalue weighted by atomic mass is 9.82. The van der Waals surface area contributed by atoms with Gasteiger partial charge in [-0.3, -0.25) is 9.69 Å². The number of halogens is 3. The first-order valence-corrected chi connectivity index (χ1v) is 5.64. The fraction of sp³-hybridized carbons (Fsp3) is 0.909. The zero-order chi connectivity index (χ0) is 13.3. The Hall–Kier alpha value is -0.780. The molecule has 1 rings (SSSR count). The number of nitrogens with zero attached hydrogens (tertiary/aromatic N) is 1. The van der Waals surface area contributed by atoms with Gasteiger partial charge < -0.3 is 5.11 Å². The summed E-state index contributed by atoms with van der Waals surface area (Å²) in [6, 6.07) is -1.85. The highest BCUT2D eigenvalue weighted by molar-refractivity contribution is 5.67. The van der Waals surface area contributed by atoms with Gasteiger partial charge >= 0.3 is 12.1 Å². The molecule has 1 atom stereocenters. The normalized spacial score (nSPS) is 23.4. The maximum Gasteiger partial charge on any atom is 0.404 e. The number of alkyl halides is 3. The van der Waals surface area contributed by atoms with E-state index in [1.165, 1.54) is 4.90 Å². The summed E-state index contributed by atoms with van der Waals surface area (Å²) >= 11 is 0. The number of likely N-dealkylation sites (tertiary alicyclic amines) is 1. The third-order valence-electron chi connectivity index (χ3n) is 3.34. The lowest BCUT2D eigenvalue weighted by molar-refractivity contribution is -0.194. The van der Waals surface area contributed by atoms with Crippen molar-refractivity contribution in [3.63, 3.8) is 0 Å². The molecule has 0 amide bonds. The highest BCUT2D eigenvalue weighted by Gasteiger charge is 2.46. The highest BCUT2D eigenvalue weighted by atomic mass is 19.4. The summed E-state index contributed by atoms with van der Waals surface area (Å²) in [5, 5.41) is 8.55. The molecule has 1 fully saturated rings. The minimum Gasteiger partial charge on any atom is -0.481 e. The Bertz CT molecular complexity index is 279. The lowest BCUT2D eigenvalue weighted by Gasteiger charge is -2.41. The number of hydrogen-bond acceptors (Lipinski definition) is 2. The smallest absolute Gasteiger partial charge is 0.404 e. The minimum atomic E-state index is -4.47. The van der Waals surface area contributed by atoms with Gasteiger partial charge in [-0.1, -0.05) is 13.8 Å². The van der Waals surface area contributed by atoms with Crippen LogP contribution >= 0.6 is 0 Å². The van der Waals surface area contributed by atoms with Gasteiger partial charge in [0.05, 0.1) is 6.42 Å². The van der Waals surface area contributed by atoms with Gasteiger partial charge in [0.1, 0.15) is 6.04 Å². The monoisotopic (exact) mass is 253 g/mol. The Balaban J connectivity index is 2.69. The fourth-order valence-corrected chi connectivity index (χ4v) is 2.06. The van der Waals surface area contributed by atoms with Crippen LogP contribution in [0.1, 0.15) is 33.1 Å². The summed E-state index contributed by atoms with van der Waals surface area (Å²) in [6.45, 7) is 4.66. The molecule has 0 aromatic heterocycles. The van der Waals surface area contributed by atoms with Gasteiger partial charge in [-0.25, -0.2) is 0 Å². The molecule has 0 spiro atoms. The zero-order valence-corrected chi connectivity index (χ0v) is 10.0. The molecule has 1 N–H and O–H groups in total. The van der Waals surface area contributed by atoms with Crippen molar-refractivity contribution in [3.8, 4) is 0 Å². The van der Waals surface area contributed by atoms with E-state index in [1.54, 1.807) is 0 Å². The average Bonchev–Trinajstić information content (AvgIpc) is 2.13. The average molecular weight is 253 g/mol. The number of piperidine rings is 1. The second-order valence-electron chi connectivity index (χ2n) is 5.36. The molecule has 0 radical (unpaired) electrons. The van der Waals surface area contributed by atoms with Crippen LogP contribution in [0.5, 0.6) is 0 Å². The van der Waals surface area contributed by atoms with Crippen molar-refractivity contribution in [3.05, 3.63) is 0 Å². The van der Waals surface area contributed by atoms with Crippen LogP contribution in [-0.4, -0.2) is 41.3 Å². The Labute approximate surface area is 98.6 Å². The van der Waals surface area contributed by atoms with E-state index < -0.39 is 24.6 Å². The summed E-state index contributed by atoms with van der Waals surface area (Å²) in [7, 11) is 0. The number of hydrogen-bond donors (Lipinski definition) is 1. The molecule has 0 bridgehead atoms. The van der Waals surface area contributed by atoms with Crippen LogP contribution in [0.4, 0.5) is 13.2 Å². The van der Waals surface area contributed by atoms with Gasteiger partial charge in [0, 0.05) is 0 Å². The van der Waals surface area contributed by atoms with Gasteiger partial charge in [0.2, 0.25) is 0 Å². The van der Waals surface area contributed by atoms with Gasteiger partial charge in [-0.05, 0) is 31.3 Å². The molecule has 1 aliphatic heterocycles. The molecule has 0 aliphatic carbocycles. The van der Waals surface area contributed by atoms with Crippen molar-refractivity contribution < 1.29 is 23.1 Å². The number of carboxylic acid groups (broad SMARTS) is 1. The quantitative estimate of drug-likeness (QED) is 0.840. The summed E-state index contributed by atoms with van der Waals surface area (Å²) in [5.41, 5.74) is 0.0515. The van der Waals surface area contributed by atoms with E-state index >= 15 is 0 Å². The van der Waals surface area contributed by atoms with Crippen LogP contribution in [0.15, 0.2) is 0 Å². The molecule has 100 valence electrons. The van der Waals surface area contributed by atoms with Crippen LogP contribution < -0.4 is 0 Å². The van der Waals surface area contributed by atoms with Crippen molar-refractivity contribution in [2.75, 3.05) is 13.1 Å². The third-order valence-corrected chi connectivity index (χ3v) is 3.34. The molecule has 1 unspecified atom stereocenters. The lowest BCUT2D eigenvalue weighted by Crippen LogP contribution is -2.51. The molecule has 3 nitrogen and oxygen atoms in total. The second-order valence-corrected chi connectivity index (χ2v) is 5.36. The number of carboxylic acids is 1. The molecular formula is C11H18F3NO2.